The van der Waals surface area contributed by atoms with Gasteiger partial charge in [0.15, 0.2) is 11.5 Å². The lowest BCUT2D eigenvalue weighted by Crippen LogP contribution is -2.39. The Bertz CT molecular complexity index is 746. The van der Waals surface area contributed by atoms with Crippen LogP contribution in [-0.2, 0) is 11.2 Å². The fraction of sp³-hybridized carbons (Fsp3) is 0.350. The van der Waals surface area contributed by atoms with Crippen LogP contribution in [0.1, 0.15) is 24.1 Å². The highest BCUT2D eigenvalue weighted by Gasteiger charge is 2.27. The summed E-state index contributed by atoms with van der Waals surface area (Å²) in [4.78, 5) is 14.6. The van der Waals surface area contributed by atoms with Gasteiger partial charge in [-0.15, -0.1) is 0 Å². The van der Waals surface area contributed by atoms with Gasteiger partial charge in [-0.25, -0.2) is 0 Å². The Kier molecular flexibility index (Phi) is 5.24. The molecule has 1 aliphatic heterocycles. The molecule has 1 atom stereocenters. The molecule has 5 heteroatoms. The van der Waals surface area contributed by atoms with Gasteiger partial charge in [-0.1, -0.05) is 18.2 Å². The maximum absolute atomic E-state index is 12.4. The third-order valence-corrected chi connectivity index (χ3v) is 4.72. The Morgan fingerprint density at radius 1 is 1.16 bits per heavy atom. The number of nitrogens with zero attached hydrogens (tertiary/aromatic N) is 1. The number of para-hydroxylation sites is 1. The zero-order valence-electron chi connectivity index (χ0n) is 14.9. The minimum absolute atomic E-state index is 0.00183. The van der Waals surface area contributed by atoms with Gasteiger partial charge in [0.1, 0.15) is 0 Å². The summed E-state index contributed by atoms with van der Waals surface area (Å²) in [5, 5.41) is 2.95. The summed E-state index contributed by atoms with van der Waals surface area (Å²) in [6, 6.07) is 13.8. The van der Waals surface area contributed by atoms with Crippen molar-refractivity contribution in [1.29, 1.82) is 0 Å². The number of hydrogen-bond donors (Lipinski definition) is 1. The number of methoxy groups -OCH3 is 2. The Labute approximate surface area is 148 Å². The van der Waals surface area contributed by atoms with Crippen LogP contribution in [-0.4, -0.2) is 38.1 Å². The van der Waals surface area contributed by atoms with Gasteiger partial charge in [0.2, 0.25) is 5.91 Å². The molecule has 1 aliphatic rings. The highest BCUT2D eigenvalue weighted by atomic mass is 16.5. The molecule has 2 aromatic carbocycles. The van der Waals surface area contributed by atoms with Gasteiger partial charge < -0.3 is 14.8 Å². The number of carbonyl (C=O) groups is 1. The lowest BCUT2D eigenvalue weighted by atomic mass is 9.93. The van der Waals surface area contributed by atoms with Crippen molar-refractivity contribution in [2.75, 3.05) is 32.6 Å². The van der Waals surface area contributed by atoms with Gasteiger partial charge in [-0.05, 0) is 48.7 Å². The summed E-state index contributed by atoms with van der Waals surface area (Å²) in [6.45, 7) is 3.33. The molecule has 0 saturated carbocycles. The SMILES string of the molecule is COc1cc2c(cc1OC)[C@@H](C)N(CC(=O)Nc1ccccc1)CC2. The number of amides is 1. The zero-order valence-corrected chi connectivity index (χ0v) is 14.9. The van der Waals surface area contributed by atoms with Crippen molar-refractivity contribution in [2.45, 2.75) is 19.4 Å². The van der Waals surface area contributed by atoms with Crippen LogP contribution in [0.4, 0.5) is 5.69 Å². The van der Waals surface area contributed by atoms with Gasteiger partial charge in [-0.3, -0.25) is 9.69 Å². The van der Waals surface area contributed by atoms with Crippen molar-refractivity contribution in [3.8, 4) is 11.5 Å². The van der Waals surface area contributed by atoms with Crippen LogP contribution in [0.25, 0.3) is 0 Å². The van der Waals surface area contributed by atoms with Gasteiger partial charge >= 0.3 is 0 Å². The van der Waals surface area contributed by atoms with E-state index in [0.29, 0.717) is 6.54 Å². The molecule has 5 nitrogen and oxygen atoms in total. The molecular formula is C20H24N2O3. The van der Waals surface area contributed by atoms with Crippen molar-refractivity contribution >= 4 is 11.6 Å². The molecule has 0 aromatic heterocycles. The van der Waals surface area contributed by atoms with Crippen molar-refractivity contribution in [2.24, 2.45) is 0 Å². The molecule has 0 radical (unpaired) electrons. The third-order valence-electron chi connectivity index (χ3n) is 4.72. The number of benzene rings is 2. The van der Waals surface area contributed by atoms with Crippen LogP contribution >= 0.6 is 0 Å². The third kappa shape index (κ3) is 3.77. The average Bonchev–Trinajstić information content (AvgIpc) is 2.64. The first-order valence-electron chi connectivity index (χ1n) is 8.46. The lowest BCUT2D eigenvalue weighted by Gasteiger charge is -2.35. The molecular weight excluding hydrogens is 316 g/mol. The Balaban J connectivity index is 1.72. The van der Waals surface area contributed by atoms with E-state index in [1.54, 1.807) is 14.2 Å². The van der Waals surface area contributed by atoms with E-state index in [2.05, 4.69) is 17.1 Å². The van der Waals surface area contributed by atoms with Gasteiger partial charge in [-0.2, -0.15) is 0 Å². The highest BCUT2D eigenvalue weighted by molar-refractivity contribution is 5.92. The second-order valence-corrected chi connectivity index (χ2v) is 6.22. The first-order valence-corrected chi connectivity index (χ1v) is 8.46. The molecule has 1 N–H and O–H groups in total. The maximum Gasteiger partial charge on any atom is 0.238 e. The molecule has 0 aliphatic carbocycles. The number of nitrogens with one attached hydrogen (secondary N) is 1. The van der Waals surface area contributed by atoms with E-state index in [1.165, 1.54) is 11.1 Å². The largest absolute Gasteiger partial charge is 0.493 e. The van der Waals surface area contributed by atoms with E-state index >= 15 is 0 Å². The van der Waals surface area contributed by atoms with Crippen LogP contribution in [0.3, 0.4) is 0 Å². The smallest absolute Gasteiger partial charge is 0.238 e. The molecule has 132 valence electrons. The normalized spacial score (nSPS) is 16.8. The van der Waals surface area contributed by atoms with Crippen LogP contribution in [0, 0.1) is 0 Å². The first-order chi connectivity index (χ1) is 12.1. The summed E-state index contributed by atoms with van der Waals surface area (Å²) in [6.07, 6.45) is 0.888. The van der Waals surface area contributed by atoms with Crippen molar-refractivity contribution in [3.63, 3.8) is 0 Å². The Morgan fingerprint density at radius 2 is 1.84 bits per heavy atom. The number of carbonyl (C=O) groups excluding carboxylic acids is 1. The predicted molar refractivity (Wildman–Crippen MR) is 98.3 cm³/mol. The van der Waals surface area contributed by atoms with Gasteiger partial charge in [0.05, 0.1) is 20.8 Å². The second kappa shape index (κ2) is 7.57. The molecule has 25 heavy (non-hydrogen) atoms. The molecule has 0 fully saturated rings. The van der Waals surface area contributed by atoms with E-state index in [4.69, 9.17) is 9.47 Å². The molecule has 0 spiro atoms. The number of hydrogen-bond acceptors (Lipinski definition) is 4. The standard InChI is InChI=1S/C20H24N2O3/c1-14-17-12-19(25-3)18(24-2)11-15(17)9-10-22(14)13-20(23)21-16-7-5-4-6-8-16/h4-8,11-12,14H,9-10,13H2,1-3H3,(H,21,23)/t14-/m1/s1. The predicted octanol–water partition coefficient (Wildman–Crippen LogP) is 3.26. The summed E-state index contributed by atoms with van der Waals surface area (Å²) in [5.41, 5.74) is 3.27. The summed E-state index contributed by atoms with van der Waals surface area (Å²) in [7, 11) is 3.29. The molecule has 3 rings (SSSR count). The molecule has 2 aromatic rings. The fourth-order valence-electron chi connectivity index (χ4n) is 3.32. The number of fused-ring (bicyclic) bond motifs is 1. The van der Waals surface area contributed by atoms with Crippen molar-refractivity contribution < 1.29 is 14.3 Å². The number of anilines is 1. The molecule has 0 unspecified atom stereocenters. The maximum atomic E-state index is 12.4. The van der Waals surface area contributed by atoms with Crippen LogP contribution in [0.15, 0.2) is 42.5 Å². The minimum Gasteiger partial charge on any atom is -0.493 e. The minimum atomic E-state index is 0.00183. The lowest BCUT2D eigenvalue weighted by molar-refractivity contribution is -0.117. The molecule has 0 saturated heterocycles. The van der Waals surface area contributed by atoms with Crippen LogP contribution < -0.4 is 14.8 Å². The molecule has 1 heterocycles. The van der Waals surface area contributed by atoms with E-state index in [9.17, 15) is 4.79 Å². The summed E-state index contributed by atoms with van der Waals surface area (Å²) < 4.78 is 10.8. The van der Waals surface area contributed by atoms with Crippen LogP contribution in [0.2, 0.25) is 0 Å². The van der Waals surface area contributed by atoms with Crippen molar-refractivity contribution in [1.82, 2.24) is 4.90 Å². The fourth-order valence-corrected chi connectivity index (χ4v) is 3.32. The topological polar surface area (TPSA) is 50.8 Å². The van der Waals surface area contributed by atoms with E-state index < -0.39 is 0 Å². The van der Waals surface area contributed by atoms with Gasteiger partial charge in [0, 0.05) is 18.3 Å². The highest BCUT2D eigenvalue weighted by Crippen LogP contribution is 2.37. The van der Waals surface area contributed by atoms with Gasteiger partial charge in [0.25, 0.3) is 0 Å². The number of ether oxygens (including phenoxy) is 2. The Morgan fingerprint density at radius 3 is 2.52 bits per heavy atom. The second-order valence-electron chi connectivity index (χ2n) is 6.22. The van der Waals surface area contributed by atoms with Crippen LogP contribution in [0.5, 0.6) is 11.5 Å². The average molecular weight is 340 g/mol. The summed E-state index contributed by atoms with van der Waals surface area (Å²) >= 11 is 0. The quantitative estimate of drug-likeness (QED) is 0.908. The zero-order chi connectivity index (χ0) is 17.8. The summed E-state index contributed by atoms with van der Waals surface area (Å²) in [5.74, 6) is 1.48. The molecule has 1 amide bonds. The Hall–Kier alpha value is -2.53. The van der Waals surface area contributed by atoms with E-state index in [0.717, 1.165) is 30.2 Å². The van der Waals surface area contributed by atoms with E-state index in [-0.39, 0.29) is 11.9 Å². The monoisotopic (exact) mass is 340 g/mol. The van der Waals surface area contributed by atoms with E-state index in [1.807, 2.05) is 42.5 Å². The number of rotatable bonds is 5. The molecule has 0 bridgehead atoms. The van der Waals surface area contributed by atoms with Crippen molar-refractivity contribution in [3.05, 3.63) is 53.6 Å². The first kappa shape index (κ1) is 17.3.